The average Bonchev–Trinajstić information content (AvgIpc) is 2.88. The third-order valence-electron chi connectivity index (χ3n) is 2.50. The van der Waals surface area contributed by atoms with Gasteiger partial charge in [0, 0.05) is 21.1 Å². The smallest absolute Gasteiger partial charge is 0.265 e. The van der Waals surface area contributed by atoms with Crippen molar-refractivity contribution in [1.29, 1.82) is 0 Å². The molecule has 6 heteroatoms. The number of rotatable bonds is 4. The highest BCUT2D eigenvalue weighted by molar-refractivity contribution is 14.1. The minimum Gasteiger partial charge on any atom is -0.351 e. The lowest BCUT2D eigenvalue weighted by molar-refractivity contribution is -0.119. The topological polar surface area (TPSA) is 58.2 Å². The summed E-state index contributed by atoms with van der Waals surface area (Å²) in [5, 5.41) is 5.55. The summed E-state index contributed by atoms with van der Waals surface area (Å²) in [6, 6.07) is 11.2. The first kappa shape index (κ1) is 15.0. The molecule has 0 bridgehead atoms. The second-order valence-corrected chi connectivity index (χ2v) is 6.55. The molecule has 0 aliphatic rings. The largest absolute Gasteiger partial charge is 0.351 e. The van der Waals surface area contributed by atoms with Gasteiger partial charge in [-0.1, -0.05) is 0 Å². The van der Waals surface area contributed by atoms with Crippen LogP contribution in [0.5, 0.6) is 0 Å². The Kier molecular flexibility index (Phi) is 5.13. The van der Waals surface area contributed by atoms with Gasteiger partial charge in [-0.3, -0.25) is 9.59 Å². The van der Waals surface area contributed by atoms with E-state index in [4.69, 9.17) is 0 Å². The minimum atomic E-state index is -0.134. The quantitative estimate of drug-likeness (QED) is 0.775. The van der Waals surface area contributed by atoms with Crippen molar-refractivity contribution < 1.29 is 9.59 Å². The van der Waals surface area contributed by atoms with Gasteiger partial charge in [-0.05, 0) is 59.0 Å². The highest BCUT2D eigenvalue weighted by Gasteiger charge is 2.09. The Labute approximate surface area is 134 Å². The van der Waals surface area contributed by atoms with Gasteiger partial charge in [0.1, 0.15) is 0 Å². The molecule has 20 heavy (non-hydrogen) atoms. The molecule has 0 fully saturated rings. The fraction of sp³-hybridized carbons (Fsp3) is 0.143. The van der Waals surface area contributed by atoms with Crippen LogP contribution in [0.2, 0.25) is 0 Å². The number of amides is 2. The first-order valence-electron chi connectivity index (χ1n) is 5.94. The summed E-state index contributed by atoms with van der Waals surface area (Å²) in [7, 11) is 0. The number of benzene rings is 1. The standard InChI is InChI=1S/C14H13IN2O2S/c1-9(18)16-8-12-6-7-13(20-12)14(19)17-11-4-2-10(15)3-5-11/h2-7H,8H2,1H3,(H,16,18)(H,17,19). The first-order chi connectivity index (χ1) is 9.54. The van der Waals surface area contributed by atoms with E-state index in [1.54, 1.807) is 6.07 Å². The van der Waals surface area contributed by atoms with Crippen molar-refractivity contribution in [3.63, 3.8) is 0 Å². The van der Waals surface area contributed by atoms with E-state index in [2.05, 4.69) is 33.2 Å². The Bertz CT molecular complexity index is 622. The maximum Gasteiger partial charge on any atom is 0.265 e. The van der Waals surface area contributed by atoms with E-state index in [0.29, 0.717) is 11.4 Å². The molecule has 0 aliphatic heterocycles. The van der Waals surface area contributed by atoms with E-state index < -0.39 is 0 Å². The zero-order chi connectivity index (χ0) is 14.5. The second kappa shape index (κ2) is 6.85. The summed E-state index contributed by atoms with van der Waals surface area (Å²) in [6.07, 6.45) is 0. The van der Waals surface area contributed by atoms with Crippen LogP contribution in [-0.4, -0.2) is 11.8 Å². The third kappa shape index (κ3) is 4.31. The van der Waals surface area contributed by atoms with Crippen LogP contribution in [0.3, 0.4) is 0 Å². The second-order valence-electron chi connectivity index (χ2n) is 4.14. The van der Waals surface area contributed by atoms with Crippen molar-refractivity contribution in [1.82, 2.24) is 5.32 Å². The predicted octanol–water partition coefficient (Wildman–Crippen LogP) is 3.24. The maximum atomic E-state index is 12.1. The molecule has 104 valence electrons. The van der Waals surface area contributed by atoms with E-state index in [1.165, 1.54) is 18.3 Å². The number of anilines is 1. The van der Waals surface area contributed by atoms with Crippen LogP contribution < -0.4 is 10.6 Å². The van der Waals surface area contributed by atoms with E-state index in [9.17, 15) is 9.59 Å². The maximum absolute atomic E-state index is 12.1. The average molecular weight is 400 g/mol. The number of carbonyl (C=O) groups excluding carboxylic acids is 2. The van der Waals surface area contributed by atoms with Crippen LogP contribution in [0.1, 0.15) is 21.5 Å². The van der Waals surface area contributed by atoms with Crippen LogP contribution in [0.25, 0.3) is 0 Å². The number of nitrogens with one attached hydrogen (secondary N) is 2. The number of carbonyl (C=O) groups is 2. The van der Waals surface area contributed by atoms with Gasteiger partial charge in [0.15, 0.2) is 0 Å². The summed E-state index contributed by atoms with van der Waals surface area (Å²) in [5.74, 6) is -0.214. The van der Waals surface area contributed by atoms with Gasteiger partial charge >= 0.3 is 0 Å². The molecule has 0 unspecified atom stereocenters. The summed E-state index contributed by atoms with van der Waals surface area (Å²) in [4.78, 5) is 24.5. The van der Waals surface area contributed by atoms with Crippen molar-refractivity contribution in [3.8, 4) is 0 Å². The minimum absolute atomic E-state index is 0.0803. The van der Waals surface area contributed by atoms with Crippen molar-refractivity contribution >= 4 is 51.4 Å². The zero-order valence-corrected chi connectivity index (χ0v) is 13.7. The Morgan fingerprint density at radius 2 is 1.85 bits per heavy atom. The lowest BCUT2D eigenvalue weighted by atomic mass is 10.3. The van der Waals surface area contributed by atoms with Crippen LogP contribution in [-0.2, 0) is 11.3 Å². The van der Waals surface area contributed by atoms with Crippen LogP contribution in [0.15, 0.2) is 36.4 Å². The summed E-state index contributed by atoms with van der Waals surface area (Å²) < 4.78 is 1.12. The lowest BCUT2D eigenvalue weighted by Crippen LogP contribution is -2.18. The molecule has 2 rings (SSSR count). The molecule has 0 saturated carbocycles. The fourth-order valence-electron chi connectivity index (χ4n) is 1.53. The highest BCUT2D eigenvalue weighted by atomic mass is 127. The molecule has 4 nitrogen and oxygen atoms in total. The molecule has 2 aromatic rings. The molecule has 1 aromatic heterocycles. The Morgan fingerprint density at radius 1 is 1.15 bits per heavy atom. The summed E-state index contributed by atoms with van der Waals surface area (Å²) >= 11 is 3.59. The van der Waals surface area contributed by atoms with Gasteiger partial charge in [-0.15, -0.1) is 11.3 Å². The summed E-state index contributed by atoms with van der Waals surface area (Å²) in [6.45, 7) is 1.93. The molecule has 0 saturated heterocycles. The molecule has 0 aliphatic carbocycles. The molecular weight excluding hydrogens is 387 g/mol. The van der Waals surface area contributed by atoms with Crippen LogP contribution in [0.4, 0.5) is 5.69 Å². The predicted molar refractivity (Wildman–Crippen MR) is 89.0 cm³/mol. The van der Waals surface area contributed by atoms with Gasteiger partial charge in [-0.2, -0.15) is 0 Å². The van der Waals surface area contributed by atoms with Gasteiger partial charge in [0.25, 0.3) is 5.91 Å². The third-order valence-corrected chi connectivity index (χ3v) is 4.30. The SMILES string of the molecule is CC(=O)NCc1ccc(C(=O)Nc2ccc(I)cc2)s1. The van der Waals surface area contributed by atoms with Gasteiger partial charge in [0.2, 0.25) is 5.91 Å². The van der Waals surface area contributed by atoms with E-state index in [0.717, 1.165) is 14.1 Å². The Morgan fingerprint density at radius 3 is 2.50 bits per heavy atom. The molecule has 2 N–H and O–H groups in total. The van der Waals surface area contributed by atoms with Crippen LogP contribution >= 0.6 is 33.9 Å². The van der Waals surface area contributed by atoms with Gasteiger partial charge < -0.3 is 10.6 Å². The van der Waals surface area contributed by atoms with Crippen molar-refractivity contribution in [2.75, 3.05) is 5.32 Å². The molecule has 2 amide bonds. The molecule has 1 aromatic carbocycles. The summed E-state index contributed by atoms with van der Waals surface area (Å²) in [5.41, 5.74) is 0.771. The monoisotopic (exact) mass is 400 g/mol. The lowest BCUT2D eigenvalue weighted by Gasteiger charge is -2.03. The number of halogens is 1. The number of hydrogen-bond donors (Lipinski definition) is 2. The molecule has 0 radical (unpaired) electrons. The molecule has 0 spiro atoms. The van der Waals surface area contributed by atoms with Gasteiger partial charge in [0.05, 0.1) is 11.4 Å². The number of hydrogen-bond acceptors (Lipinski definition) is 3. The molecule has 0 atom stereocenters. The Hall–Kier alpha value is -1.41. The van der Waals surface area contributed by atoms with E-state index in [-0.39, 0.29) is 11.8 Å². The highest BCUT2D eigenvalue weighted by Crippen LogP contribution is 2.19. The first-order valence-corrected chi connectivity index (χ1v) is 7.84. The van der Waals surface area contributed by atoms with Crippen molar-refractivity contribution in [2.24, 2.45) is 0 Å². The fourth-order valence-corrected chi connectivity index (χ4v) is 2.73. The van der Waals surface area contributed by atoms with E-state index >= 15 is 0 Å². The normalized spacial score (nSPS) is 10.1. The van der Waals surface area contributed by atoms with Crippen molar-refractivity contribution in [2.45, 2.75) is 13.5 Å². The molecule has 1 heterocycles. The van der Waals surface area contributed by atoms with Crippen LogP contribution in [0, 0.1) is 3.57 Å². The number of thiophene rings is 1. The van der Waals surface area contributed by atoms with Gasteiger partial charge in [-0.25, -0.2) is 0 Å². The van der Waals surface area contributed by atoms with E-state index in [1.807, 2.05) is 30.3 Å². The van der Waals surface area contributed by atoms with Crippen molar-refractivity contribution in [3.05, 3.63) is 49.7 Å². The zero-order valence-electron chi connectivity index (χ0n) is 10.8. The molecular formula is C14H13IN2O2S. The Balaban J connectivity index is 1.98.